The topological polar surface area (TPSA) is 52.6 Å². The average Bonchev–Trinajstić information content (AvgIpc) is 2.52. The van der Waals surface area contributed by atoms with E-state index in [1.807, 2.05) is 13.8 Å². The van der Waals surface area contributed by atoms with Gasteiger partial charge in [0.05, 0.1) is 27.1 Å². The molecule has 4 heteroatoms. The number of allylic oxidation sites excluding steroid dienone is 4. The highest BCUT2D eigenvalue weighted by atomic mass is 16.5. The van der Waals surface area contributed by atoms with E-state index in [2.05, 4.69) is 33.8 Å². The van der Waals surface area contributed by atoms with Crippen LogP contribution in [0.1, 0.15) is 58.8 Å². The fourth-order valence-electron chi connectivity index (χ4n) is 2.19. The fourth-order valence-corrected chi connectivity index (χ4v) is 2.19. The Bertz CT molecular complexity index is 349. The van der Waals surface area contributed by atoms with Crippen LogP contribution in [0.2, 0.25) is 0 Å². The van der Waals surface area contributed by atoms with E-state index in [4.69, 9.17) is 0 Å². The number of carbonyl (C=O) groups excluding carboxylic acids is 2. The number of unbranched alkanes of at least 4 members (excludes halogenated alkanes) is 4. The van der Waals surface area contributed by atoms with Gasteiger partial charge < -0.3 is 9.47 Å². The maximum atomic E-state index is 11.1. The molecular weight excluding hydrogens is 292 g/mol. The van der Waals surface area contributed by atoms with Crippen molar-refractivity contribution in [1.29, 1.82) is 0 Å². The second-order valence-electron chi connectivity index (χ2n) is 6.01. The number of hydrogen-bond donors (Lipinski definition) is 0. The van der Waals surface area contributed by atoms with Gasteiger partial charge in [0, 0.05) is 0 Å². The summed E-state index contributed by atoms with van der Waals surface area (Å²) in [5.41, 5.74) is 0. The lowest BCUT2D eigenvalue weighted by molar-refractivity contribution is -0.142. The molecule has 0 heterocycles. The molecule has 2 unspecified atom stereocenters. The molecule has 23 heavy (non-hydrogen) atoms. The molecule has 0 saturated carbocycles. The highest BCUT2D eigenvalue weighted by molar-refractivity contribution is 5.69. The molecule has 132 valence electrons. The third kappa shape index (κ3) is 13.8. The number of hydrogen-bond acceptors (Lipinski definition) is 4. The molecule has 0 radical (unpaired) electrons. The van der Waals surface area contributed by atoms with Crippen molar-refractivity contribution in [2.45, 2.75) is 58.8 Å². The SMILES string of the molecule is COC(=O)CC(C)/C=C/CCCCC/C=C/C(C)CC(=O)OC. The summed E-state index contributed by atoms with van der Waals surface area (Å²) >= 11 is 0. The number of rotatable bonds is 12. The Kier molecular flexibility index (Phi) is 13.1. The van der Waals surface area contributed by atoms with Gasteiger partial charge in [0.15, 0.2) is 0 Å². The van der Waals surface area contributed by atoms with Crippen molar-refractivity contribution >= 4 is 11.9 Å². The van der Waals surface area contributed by atoms with Crippen LogP contribution in [-0.4, -0.2) is 26.2 Å². The van der Waals surface area contributed by atoms with E-state index in [9.17, 15) is 9.59 Å². The monoisotopic (exact) mass is 324 g/mol. The van der Waals surface area contributed by atoms with E-state index in [1.54, 1.807) is 0 Å². The molecule has 0 fully saturated rings. The van der Waals surface area contributed by atoms with Crippen molar-refractivity contribution in [3.05, 3.63) is 24.3 Å². The molecule has 0 rings (SSSR count). The predicted molar refractivity (Wildman–Crippen MR) is 93.0 cm³/mol. The zero-order valence-corrected chi connectivity index (χ0v) is 15.0. The largest absolute Gasteiger partial charge is 0.469 e. The number of methoxy groups -OCH3 is 2. The third-order valence-corrected chi connectivity index (χ3v) is 3.60. The molecule has 0 aliphatic rings. The van der Waals surface area contributed by atoms with Crippen LogP contribution in [0.4, 0.5) is 0 Å². The summed E-state index contributed by atoms with van der Waals surface area (Å²) in [6.45, 7) is 4.04. The van der Waals surface area contributed by atoms with Crippen LogP contribution < -0.4 is 0 Å². The van der Waals surface area contributed by atoms with Gasteiger partial charge in [-0.05, 0) is 37.5 Å². The van der Waals surface area contributed by atoms with Gasteiger partial charge in [-0.1, -0.05) is 44.6 Å². The maximum Gasteiger partial charge on any atom is 0.306 e. The molecule has 0 aliphatic heterocycles. The van der Waals surface area contributed by atoms with Crippen molar-refractivity contribution < 1.29 is 19.1 Å². The summed E-state index contributed by atoms with van der Waals surface area (Å²) in [5.74, 6) is 0.161. The van der Waals surface area contributed by atoms with Gasteiger partial charge >= 0.3 is 11.9 Å². The summed E-state index contributed by atoms with van der Waals surface area (Å²) in [4.78, 5) is 22.2. The van der Waals surface area contributed by atoms with Crippen LogP contribution in [0, 0.1) is 11.8 Å². The number of carbonyl (C=O) groups is 2. The Morgan fingerprint density at radius 1 is 0.783 bits per heavy atom. The zero-order chi connectivity index (χ0) is 17.5. The van der Waals surface area contributed by atoms with Crippen LogP contribution in [0.3, 0.4) is 0 Å². The normalized spacial score (nSPS) is 14.1. The number of ether oxygens (including phenoxy) is 2. The molecule has 0 bridgehead atoms. The van der Waals surface area contributed by atoms with Gasteiger partial charge in [-0.2, -0.15) is 0 Å². The van der Waals surface area contributed by atoms with Crippen LogP contribution >= 0.6 is 0 Å². The maximum absolute atomic E-state index is 11.1. The van der Waals surface area contributed by atoms with E-state index in [0.29, 0.717) is 12.8 Å². The third-order valence-electron chi connectivity index (χ3n) is 3.60. The summed E-state index contributed by atoms with van der Waals surface area (Å²) < 4.78 is 9.29. The fraction of sp³-hybridized carbons (Fsp3) is 0.684. The minimum absolute atomic E-state index is 0.157. The van der Waals surface area contributed by atoms with Gasteiger partial charge in [0.2, 0.25) is 0 Å². The van der Waals surface area contributed by atoms with Gasteiger partial charge in [0.1, 0.15) is 0 Å². The second kappa shape index (κ2) is 14.0. The lowest BCUT2D eigenvalue weighted by Crippen LogP contribution is -2.04. The first-order valence-corrected chi connectivity index (χ1v) is 8.46. The first-order chi connectivity index (χ1) is 11.0. The van der Waals surface area contributed by atoms with Crippen molar-refractivity contribution in [3.8, 4) is 0 Å². The lowest BCUT2D eigenvalue weighted by atomic mass is 10.0. The van der Waals surface area contributed by atoms with E-state index in [-0.39, 0.29) is 23.8 Å². The predicted octanol–water partition coefficient (Wildman–Crippen LogP) is 4.45. The highest BCUT2D eigenvalue weighted by Crippen LogP contribution is 2.10. The summed E-state index contributed by atoms with van der Waals surface area (Å²) in [6.07, 6.45) is 15.0. The van der Waals surface area contributed by atoms with Gasteiger partial charge in [-0.25, -0.2) is 0 Å². The van der Waals surface area contributed by atoms with E-state index < -0.39 is 0 Å². The minimum atomic E-state index is -0.157. The van der Waals surface area contributed by atoms with E-state index in [1.165, 1.54) is 20.6 Å². The molecule has 0 aromatic rings. The molecule has 0 saturated heterocycles. The molecule has 0 aliphatic carbocycles. The van der Waals surface area contributed by atoms with E-state index >= 15 is 0 Å². The quantitative estimate of drug-likeness (QED) is 0.302. The van der Waals surface area contributed by atoms with Crippen LogP contribution in [-0.2, 0) is 19.1 Å². The first-order valence-electron chi connectivity index (χ1n) is 8.46. The van der Waals surface area contributed by atoms with Crippen LogP contribution in [0.5, 0.6) is 0 Å². The van der Waals surface area contributed by atoms with E-state index in [0.717, 1.165) is 25.7 Å². The Balaban J connectivity index is 3.59. The van der Waals surface area contributed by atoms with Gasteiger partial charge in [0.25, 0.3) is 0 Å². The van der Waals surface area contributed by atoms with Crippen molar-refractivity contribution in [3.63, 3.8) is 0 Å². The van der Waals surface area contributed by atoms with Crippen molar-refractivity contribution in [2.75, 3.05) is 14.2 Å². The van der Waals surface area contributed by atoms with Gasteiger partial charge in [-0.15, -0.1) is 0 Å². The molecule has 0 aromatic carbocycles. The summed E-state index contributed by atoms with van der Waals surface area (Å²) in [5, 5.41) is 0. The Hall–Kier alpha value is -1.58. The molecule has 0 amide bonds. The number of esters is 2. The van der Waals surface area contributed by atoms with Crippen LogP contribution in [0.15, 0.2) is 24.3 Å². The molecule has 0 N–H and O–H groups in total. The zero-order valence-electron chi connectivity index (χ0n) is 15.0. The van der Waals surface area contributed by atoms with Crippen molar-refractivity contribution in [1.82, 2.24) is 0 Å². The molecule has 0 aromatic heterocycles. The summed E-state index contributed by atoms with van der Waals surface area (Å²) in [6, 6.07) is 0. The lowest BCUT2D eigenvalue weighted by Gasteiger charge is -2.04. The van der Waals surface area contributed by atoms with Crippen molar-refractivity contribution in [2.24, 2.45) is 11.8 Å². The first kappa shape index (κ1) is 21.4. The average molecular weight is 324 g/mol. The molecule has 4 nitrogen and oxygen atoms in total. The highest BCUT2D eigenvalue weighted by Gasteiger charge is 2.05. The standard InChI is InChI=1S/C19H32O4/c1-16(14-18(20)22-3)12-10-8-6-5-7-9-11-13-17(2)15-19(21)23-4/h10-13,16-17H,5-9,14-15H2,1-4H3/b12-10+,13-11+. The van der Waals surface area contributed by atoms with Crippen LogP contribution in [0.25, 0.3) is 0 Å². The molecule has 2 atom stereocenters. The minimum Gasteiger partial charge on any atom is -0.469 e. The molecular formula is C19H32O4. The summed E-state index contributed by atoms with van der Waals surface area (Å²) in [7, 11) is 2.84. The Morgan fingerprint density at radius 2 is 1.17 bits per heavy atom. The smallest absolute Gasteiger partial charge is 0.306 e. The van der Waals surface area contributed by atoms with Gasteiger partial charge in [-0.3, -0.25) is 9.59 Å². The second-order valence-corrected chi connectivity index (χ2v) is 6.01. The Morgan fingerprint density at radius 3 is 1.52 bits per heavy atom. The molecule has 0 spiro atoms. The Labute approximate surface area is 140 Å².